The molecule has 0 aromatic carbocycles. The molecule has 0 aliphatic heterocycles. The van der Waals surface area contributed by atoms with Crippen LogP contribution in [0.4, 0.5) is 5.69 Å². The van der Waals surface area contributed by atoms with E-state index >= 15 is 0 Å². The molecule has 0 bridgehead atoms. The minimum absolute atomic E-state index is 0.0170. The Bertz CT molecular complexity index is 565. The number of pyridine rings is 1. The highest BCUT2D eigenvalue weighted by Gasteiger charge is 2.25. The van der Waals surface area contributed by atoms with Crippen LogP contribution in [0, 0.1) is 15.3 Å². The van der Waals surface area contributed by atoms with Gasteiger partial charge in [0.15, 0.2) is 5.15 Å². The van der Waals surface area contributed by atoms with Crippen molar-refractivity contribution in [2.75, 3.05) is 0 Å². The number of rotatable bonds is 1. The first-order valence-electron chi connectivity index (χ1n) is 3.78. The highest BCUT2D eigenvalue weighted by atomic mass is 35.5. The summed E-state index contributed by atoms with van der Waals surface area (Å²) in [6, 6.07) is 0. The molecule has 0 amide bonds. The molecule has 78 valence electrons. The summed E-state index contributed by atoms with van der Waals surface area (Å²) < 4.78 is 0.987. The molecule has 0 saturated carbocycles. The Hall–Kier alpha value is -1.96. The summed E-state index contributed by atoms with van der Waals surface area (Å²) >= 11 is 5.66. The topological polar surface area (TPSA) is 101 Å². The molecule has 0 spiro atoms. The number of aromatic nitrogens is 4. The predicted molar refractivity (Wildman–Crippen MR) is 49.1 cm³/mol. The molecule has 2 aromatic rings. The van der Waals surface area contributed by atoms with Gasteiger partial charge in [0.2, 0.25) is 11.0 Å². The van der Waals surface area contributed by atoms with Crippen molar-refractivity contribution in [3.8, 4) is 0 Å². The quantitative estimate of drug-likeness (QED) is 0.228. The summed E-state index contributed by atoms with van der Waals surface area (Å²) in [5.74, 6) is 0. The van der Waals surface area contributed by atoms with Gasteiger partial charge in [-0.1, -0.05) is 11.6 Å². The monoisotopic (exact) mass is 229 g/mol. The van der Waals surface area contributed by atoms with Crippen LogP contribution in [-0.2, 0) is 7.05 Å². The van der Waals surface area contributed by atoms with Crippen molar-refractivity contribution in [2.24, 2.45) is 7.05 Å². The van der Waals surface area contributed by atoms with Crippen molar-refractivity contribution >= 4 is 28.3 Å². The van der Waals surface area contributed by atoms with E-state index in [0.29, 0.717) is 0 Å². The lowest BCUT2D eigenvalue weighted by Crippen LogP contribution is -2.38. The Kier molecular flexibility index (Phi) is 1.93. The van der Waals surface area contributed by atoms with E-state index < -0.39 is 4.92 Å². The van der Waals surface area contributed by atoms with E-state index in [1.165, 1.54) is 7.05 Å². The van der Waals surface area contributed by atoms with Gasteiger partial charge in [-0.15, -0.1) is 4.68 Å². The first-order valence-corrected chi connectivity index (χ1v) is 4.15. The second-order valence-electron chi connectivity index (χ2n) is 2.76. The Morgan fingerprint density at radius 1 is 1.67 bits per heavy atom. The second-order valence-corrected chi connectivity index (χ2v) is 3.12. The summed E-state index contributed by atoms with van der Waals surface area (Å²) in [6.07, 6.45) is 0.992. The van der Waals surface area contributed by atoms with Crippen LogP contribution in [0.2, 0.25) is 5.15 Å². The Morgan fingerprint density at radius 3 is 2.93 bits per heavy atom. The molecule has 0 aliphatic rings. The van der Waals surface area contributed by atoms with Crippen LogP contribution >= 0.6 is 11.6 Å². The van der Waals surface area contributed by atoms with E-state index in [4.69, 9.17) is 11.6 Å². The first-order chi connectivity index (χ1) is 7.02. The number of hydrogen-bond donors (Lipinski definition) is 0. The Labute approximate surface area is 87.4 Å². The average molecular weight is 230 g/mol. The third-order valence-corrected chi connectivity index (χ3v) is 2.20. The summed E-state index contributed by atoms with van der Waals surface area (Å²) in [6.45, 7) is 0. The molecule has 2 rings (SSSR count). The maximum atomic E-state index is 11.1. The highest BCUT2D eigenvalue weighted by Crippen LogP contribution is 2.25. The largest absolute Gasteiger partial charge is 0.571 e. The van der Waals surface area contributed by atoms with Crippen molar-refractivity contribution in [2.45, 2.75) is 0 Å². The zero-order valence-corrected chi connectivity index (χ0v) is 8.17. The van der Waals surface area contributed by atoms with E-state index in [1.54, 1.807) is 0 Å². The fourth-order valence-corrected chi connectivity index (χ4v) is 1.41. The normalized spacial score (nSPS) is 10.8. The lowest BCUT2D eigenvalue weighted by atomic mass is 10.3. The molecule has 0 atom stereocenters. The van der Waals surface area contributed by atoms with E-state index in [0.717, 1.165) is 10.9 Å². The maximum Gasteiger partial charge on any atom is 0.319 e. The summed E-state index contributed by atoms with van der Waals surface area (Å²) in [4.78, 5) is 13.8. The van der Waals surface area contributed by atoms with E-state index in [2.05, 4.69) is 10.1 Å². The van der Waals surface area contributed by atoms with Crippen LogP contribution < -0.4 is 4.96 Å². The van der Waals surface area contributed by atoms with Gasteiger partial charge in [-0.2, -0.15) is 0 Å². The van der Waals surface area contributed by atoms with Crippen LogP contribution in [0.3, 0.4) is 0 Å². The standard InChI is InChI=1S/C6H4ClN5O3/c1-10-5-3(11(13)14)2-8-6(7)4(5)9-12(10)15/h2H,1H3. The molecule has 2 aromatic heterocycles. The van der Waals surface area contributed by atoms with E-state index in [1.807, 2.05) is 0 Å². The van der Waals surface area contributed by atoms with Crippen molar-refractivity contribution in [1.29, 1.82) is 0 Å². The minimum atomic E-state index is -0.645. The molecule has 0 N–H and O–H groups in total. The molecule has 0 fully saturated rings. The van der Waals surface area contributed by atoms with Crippen molar-refractivity contribution < 1.29 is 9.88 Å². The second kappa shape index (κ2) is 3.02. The third kappa shape index (κ3) is 1.26. The summed E-state index contributed by atoms with van der Waals surface area (Å²) in [5.41, 5.74) is -0.239. The number of hydrogen-bond acceptors (Lipinski definition) is 5. The van der Waals surface area contributed by atoms with Gasteiger partial charge < -0.3 is 5.21 Å². The fraction of sp³-hybridized carbons (Fsp3) is 0.167. The van der Waals surface area contributed by atoms with Crippen molar-refractivity contribution in [3.63, 3.8) is 0 Å². The van der Waals surface area contributed by atoms with Gasteiger partial charge in [-0.05, 0) is 0 Å². The fourth-order valence-electron chi connectivity index (χ4n) is 1.24. The van der Waals surface area contributed by atoms with Gasteiger partial charge in [-0.25, -0.2) is 4.98 Å². The third-order valence-electron chi connectivity index (χ3n) is 1.92. The van der Waals surface area contributed by atoms with Gasteiger partial charge >= 0.3 is 5.69 Å². The highest BCUT2D eigenvalue weighted by molar-refractivity contribution is 6.33. The lowest BCUT2D eigenvalue weighted by molar-refractivity contribution is -0.744. The number of fused-ring (bicyclic) bond motifs is 1. The van der Waals surface area contributed by atoms with Crippen LogP contribution in [-0.4, -0.2) is 19.7 Å². The number of halogens is 1. The zero-order valence-electron chi connectivity index (χ0n) is 7.42. The number of nitrogens with zero attached hydrogens (tertiary/aromatic N) is 5. The molecular weight excluding hydrogens is 226 g/mol. The van der Waals surface area contributed by atoms with Gasteiger partial charge in [0.25, 0.3) is 0 Å². The smallest absolute Gasteiger partial charge is 0.319 e. The van der Waals surface area contributed by atoms with Gasteiger partial charge in [-0.3, -0.25) is 10.1 Å². The molecule has 0 aliphatic carbocycles. The van der Waals surface area contributed by atoms with Crippen LogP contribution in [0.15, 0.2) is 6.20 Å². The van der Waals surface area contributed by atoms with Gasteiger partial charge in [0, 0.05) is 10.1 Å². The SMILES string of the molecule is Cn1c2c([N+](=O)[O-])cnc(Cl)c2n[n+]1[O-]. The average Bonchev–Trinajstić information content (AvgIpc) is 2.46. The number of nitro groups is 1. The molecule has 0 unspecified atom stereocenters. The molecule has 0 saturated heterocycles. The first kappa shape index (κ1) is 9.59. The van der Waals surface area contributed by atoms with Gasteiger partial charge in [0.05, 0.1) is 12.0 Å². The van der Waals surface area contributed by atoms with Crippen molar-refractivity contribution in [3.05, 3.63) is 26.7 Å². The molecule has 2 heterocycles. The Balaban J connectivity index is 2.96. The molecule has 0 radical (unpaired) electrons. The van der Waals surface area contributed by atoms with Crippen LogP contribution in [0.5, 0.6) is 0 Å². The van der Waals surface area contributed by atoms with E-state index in [-0.39, 0.29) is 26.8 Å². The maximum absolute atomic E-state index is 11.1. The molecule has 8 nitrogen and oxygen atoms in total. The number of aryl methyl sites for hydroxylation is 1. The van der Waals surface area contributed by atoms with Crippen LogP contribution in [0.25, 0.3) is 11.0 Å². The van der Waals surface area contributed by atoms with Crippen LogP contribution in [0.1, 0.15) is 0 Å². The molecule has 9 heteroatoms. The lowest BCUT2D eigenvalue weighted by Gasteiger charge is -1.94. The minimum Gasteiger partial charge on any atom is -0.571 e. The summed E-state index contributed by atoms with van der Waals surface area (Å²) in [5, 5.41) is 25.2. The summed E-state index contributed by atoms with van der Waals surface area (Å²) in [7, 11) is 1.35. The van der Waals surface area contributed by atoms with E-state index in [9.17, 15) is 15.3 Å². The molecular formula is C6H4ClN5O3. The Morgan fingerprint density at radius 2 is 2.33 bits per heavy atom. The van der Waals surface area contributed by atoms with Crippen molar-refractivity contribution in [1.82, 2.24) is 14.8 Å². The van der Waals surface area contributed by atoms with Gasteiger partial charge in [0.1, 0.15) is 6.20 Å². The zero-order chi connectivity index (χ0) is 11.2. The predicted octanol–water partition coefficient (Wildman–Crippen LogP) is 0.163. The molecule has 15 heavy (non-hydrogen) atoms.